The van der Waals surface area contributed by atoms with Gasteiger partial charge >= 0.3 is 0 Å². The van der Waals surface area contributed by atoms with Crippen LogP contribution >= 0.6 is 0 Å². The standard InChI is InChI=1S/C17H18/c1-3-8-14-9-7-11-16(13-14)17-12-6-5-10-15(17)4-2/h4-7,9-13H,2-3,8H2,1H3. The average Bonchev–Trinajstić information content (AvgIpc) is 2.39. The van der Waals surface area contributed by atoms with Crippen molar-refractivity contribution in [2.24, 2.45) is 0 Å². The van der Waals surface area contributed by atoms with E-state index < -0.39 is 0 Å². The minimum Gasteiger partial charge on any atom is -0.0984 e. The SMILES string of the molecule is C=Cc1ccccc1-c1cccc(CCC)c1. The van der Waals surface area contributed by atoms with E-state index in [1.165, 1.54) is 28.7 Å². The summed E-state index contributed by atoms with van der Waals surface area (Å²) in [5.74, 6) is 0. The summed E-state index contributed by atoms with van der Waals surface area (Å²) in [5, 5.41) is 0. The van der Waals surface area contributed by atoms with Crippen LogP contribution in [0.2, 0.25) is 0 Å². The van der Waals surface area contributed by atoms with Crippen molar-refractivity contribution >= 4 is 6.08 Å². The second-order valence-corrected chi connectivity index (χ2v) is 4.24. The Bertz CT molecular complexity index is 509. The van der Waals surface area contributed by atoms with E-state index in [1.807, 2.05) is 6.08 Å². The van der Waals surface area contributed by atoms with Crippen molar-refractivity contribution in [2.45, 2.75) is 19.8 Å². The molecule has 0 aliphatic heterocycles. The summed E-state index contributed by atoms with van der Waals surface area (Å²) in [4.78, 5) is 0. The first kappa shape index (κ1) is 11.7. The van der Waals surface area contributed by atoms with Gasteiger partial charge in [-0.05, 0) is 28.7 Å². The Morgan fingerprint density at radius 2 is 1.88 bits per heavy atom. The van der Waals surface area contributed by atoms with E-state index >= 15 is 0 Å². The minimum absolute atomic E-state index is 1.14. The van der Waals surface area contributed by atoms with Gasteiger partial charge in [0.1, 0.15) is 0 Å². The van der Waals surface area contributed by atoms with Gasteiger partial charge in [0.05, 0.1) is 0 Å². The molecule has 0 bridgehead atoms. The molecule has 2 aromatic carbocycles. The summed E-state index contributed by atoms with van der Waals surface area (Å²) in [6, 6.07) is 17.2. The molecule has 0 spiro atoms. The van der Waals surface area contributed by atoms with Crippen molar-refractivity contribution in [1.82, 2.24) is 0 Å². The molecule has 0 aliphatic rings. The van der Waals surface area contributed by atoms with E-state index in [1.54, 1.807) is 0 Å². The maximum Gasteiger partial charge on any atom is -0.0112 e. The number of hydrogen-bond acceptors (Lipinski definition) is 0. The Morgan fingerprint density at radius 3 is 2.65 bits per heavy atom. The van der Waals surface area contributed by atoms with Gasteiger partial charge in [-0.3, -0.25) is 0 Å². The molecule has 0 fully saturated rings. The molecule has 0 N–H and O–H groups in total. The molecule has 0 saturated carbocycles. The summed E-state index contributed by atoms with van der Waals surface area (Å²) >= 11 is 0. The molecule has 0 atom stereocenters. The zero-order chi connectivity index (χ0) is 12.1. The number of aryl methyl sites for hydroxylation is 1. The lowest BCUT2D eigenvalue weighted by molar-refractivity contribution is 0.922. The highest BCUT2D eigenvalue weighted by Crippen LogP contribution is 2.25. The van der Waals surface area contributed by atoms with Gasteiger partial charge in [0, 0.05) is 0 Å². The van der Waals surface area contributed by atoms with Gasteiger partial charge in [0.25, 0.3) is 0 Å². The first-order chi connectivity index (χ1) is 8.35. The maximum absolute atomic E-state index is 3.88. The summed E-state index contributed by atoms with van der Waals surface area (Å²) in [6.45, 7) is 6.09. The molecule has 0 saturated heterocycles. The highest BCUT2D eigenvalue weighted by molar-refractivity contribution is 5.74. The van der Waals surface area contributed by atoms with Crippen molar-refractivity contribution in [2.75, 3.05) is 0 Å². The third kappa shape index (κ3) is 2.65. The molecular weight excluding hydrogens is 204 g/mol. The van der Waals surface area contributed by atoms with Crippen LogP contribution in [0.1, 0.15) is 24.5 Å². The van der Waals surface area contributed by atoms with Crippen molar-refractivity contribution in [3.8, 4) is 11.1 Å². The molecule has 0 heterocycles. The van der Waals surface area contributed by atoms with Crippen molar-refractivity contribution in [1.29, 1.82) is 0 Å². The summed E-state index contributed by atoms with van der Waals surface area (Å²) < 4.78 is 0. The van der Waals surface area contributed by atoms with Gasteiger partial charge in [-0.15, -0.1) is 0 Å². The van der Waals surface area contributed by atoms with Gasteiger partial charge in [-0.2, -0.15) is 0 Å². The quantitative estimate of drug-likeness (QED) is 0.686. The second-order valence-electron chi connectivity index (χ2n) is 4.24. The van der Waals surface area contributed by atoms with Crippen LogP contribution in [0.25, 0.3) is 17.2 Å². The largest absolute Gasteiger partial charge is 0.0984 e. The molecule has 0 heteroatoms. The van der Waals surface area contributed by atoms with E-state index in [4.69, 9.17) is 0 Å². The van der Waals surface area contributed by atoms with Crippen LogP contribution in [0, 0.1) is 0 Å². The molecule has 0 aliphatic carbocycles. The lowest BCUT2D eigenvalue weighted by Crippen LogP contribution is -1.86. The fourth-order valence-corrected chi connectivity index (χ4v) is 2.12. The fourth-order valence-electron chi connectivity index (χ4n) is 2.12. The third-order valence-electron chi connectivity index (χ3n) is 2.96. The fraction of sp³-hybridized carbons (Fsp3) is 0.176. The number of hydrogen-bond donors (Lipinski definition) is 0. The Kier molecular flexibility index (Phi) is 3.77. The van der Waals surface area contributed by atoms with Crippen LogP contribution in [0.5, 0.6) is 0 Å². The molecule has 0 unspecified atom stereocenters. The Balaban J connectivity index is 2.45. The van der Waals surface area contributed by atoms with Gasteiger partial charge in [-0.25, -0.2) is 0 Å². The molecule has 0 aromatic heterocycles. The van der Waals surface area contributed by atoms with E-state index in [0.717, 1.165) is 6.42 Å². The molecule has 17 heavy (non-hydrogen) atoms. The molecule has 2 rings (SSSR count). The average molecular weight is 222 g/mol. The molecule has 2 aromatic rings. The molecule has 0 nitrogen and oxygen atoms in total. The second kappa shape index (κ2) is 5.49. The zero-order valence-electron chi connectivity index (χ0n) is 10.3. The summed E-state index contributed by atoms with van der Waals surface area (Å²) in [7, 11) is 0. The van der Waals surface area contributed by atoms with Crippen LogP contribution in [0.3, 0.4) is 0 Å². The number of benzene rings is 2. The zero-order valence-corrected chi connectivity index (χ0v) is 10.3. The molecule has 0 amide bonds. The van der Waals surface area contributed by atoms with Crippen LogP contribution in [-0.2, 0) is 6.42 Å². The summed E-state index contributed by atoms with van der Waals surface area (Å²) in [6.07, 6.45) is 4.25. The lowest BCUT2D eigenvalue weighted by atomic mass is 9.97. The van der Waals surface area contributed by atoms with Crippen LogP contribution in [0.15, 0.2) is 55.1 Å². The molecule has 0 radical (unpaired) electrons. The predicted octanol–water partition coefficient (Wildman–Crippen LogP) is 4.95. The Hall–Kier alpha value is -1.82. The van der Waals surface area contributed by atoms with Crippen LogP contribution in [0.4, 0.5) is 0 Å². The van der Waals surface area contributed by atoms with E-state index in [9.17, 15) is 0 Å². The van der Waals surface area contributed by atoms with E-state index in [0.29, 0.717) is 0 Å². The van der Waals surface area contributed by atoms with Crippen molar-refractivity contribution < 1.29 is 0 Å². The topological polar surface area (TPSA) is 0 Å². The van der Waals surface area contributed by atoms with Gasteiger partial charge < -0.3 is 0 Å². The van der Waals surface area contributed by atoms with Crippen molar-refractivity contribution in [3.05, 3.63) is 66.2 Å². The number of rotatable bonds is 4. The third-order valence-corrected chi connectivity index (χ3v) is 2.96. The summed E-state index contributed by atoms with van der Waals surface area (Å²) in [5.41, 5.74) is 5.15. The monoisotopic (exact) mass is 222 g/mol. The maximum atomic E-state index is 3.88. The van der Waals surface area contributed by atoms with Gasteiger partial charge in [-0.1, -0.05) is 74.5 Å². The predicted molar refractivity (Wildman–Crippen MR) is 76.0 cm³/mol. The Morgan fingerprint density at radius 1 is 1.06 bits per heavy atom. The first-order valence-corrected chi connectivity index (χ1v) is 6.16. The van der Waals surface area contributed by atoms with E-state index in [2.05, 4.69) is 62.0 Å². The highest BCUT2D eigenvalue weighted by atomic mass is 14.1. The first-order valence-electron chi connectivity index (χ1n) is 6.16. The Labute approximate surface area is 104 Å². The van der Waals surface area contributed by atoms with Gasteiger partial charge in [0.15, 0.2) is 0 Å². The van der Waals surface area contributed by atoms with E-state index in [-0.39, 0.29) is 0 Å². The molecular formula is C17H18. The van der Waals surface area contributed by atoms with Crippen LogP contribution in [-0.4, -0.2) is 0 Å². The normalized spacial score (nSPS) is 10.2. The highest BCUT2D eigenvalue weighted by Gasteiger charge is 2.02. The smallest absolute Gasteiger partial charge is 0.0112 e. The van der Waals surface area contributed by atoms with Crippen molar-refractivity contribution in [3.63, 3.8) is 0 Å². The van der Waals surface area contributed by atoms with Gasteiger partial charge in [0.2, 0.25) is 0 Å². The van der Waals surface area contributed by atoms with Crippen LogP contribution < -0.4 is 0 Å². The lowest BCUT2D eigenvalue weighted by Gasteiger charge is -2.08. The molecule has 86 valence electrons. The minimum atomic E-state index is 1.14.